The lowest BCUT2D eigenvalue weighted by atomic mass is 10.2. The third kappa shape index (κ3) is 4.42. The van der Waals surface area contributed by atoms with E-state index in [4.69, 9.17) is 4.74 Å². The van der Waals surface area contributed by atoms with Crippen LogP contribution in [-0.4, -0.2) is 17.7 Å². The standard InChI is InChI=1S/C17H24N2O/c1-3-18-15(2)16-10-12-19(14-16)11-7-13-20-17-8-5-4-6-9-17/h4-6,8-10,12,14-15,18H,3,7,11,13H2,1-2H3. The highest BCUT2D eigenvalue weighted by molar-refractivity contribution is 5.20. The Hall–Kier alpha value is -1.74. The number of ether oxygens (including phenoxy) is 1. The second kappa shape index (κ2) is 7.75. The lowest BCUT2D eigenvalue weighted by Crippen LogP contribution is -2.17. The summed E-state index contributed by atoms with van der Waals surface area (Å²) in [7, 11) is 0. The first-order valence-electron chi connectivity index (χ1n) is 7.36. The summed E-state index contributed by atoms with van der Waals surface area (Å²) < 4.78 is 7.93. The number of rotatable bonds is 8. The molecule has 2 aromatic rings. The summed E-state index contributed by atoms with van der Waals surface area (Å²) in [6.45, 7) is 7.07. The van der Waals surface area contributed by atoms with Crippen molar-refractivity contribution in [2.45, 2.75) is 32.9 Å². The Labute approximate surface area is 121 Å². The summed E-state index contributed by atoms with van der Waals surface area (Å²) in [6, 6.07) is 12.6. The number of hydrogen-bond donors (Lipinski definition) is 1. The Bertz CT molecular complexity index is 493. The first-order chi connectivity index (χ1) is 9.79. The molecule has 108 valence electrons. The zero-order valence-electron chi connectivity index (χ0n) is 12.4. The first-order valence-corrected chi connectivity index (χ1v) is 7.36. The first kappa shape index (κ1) is 14.7. The fraction of sp³-hybridized carbons (Fsp3) is 0.412. The van der Waals surface area contributed by atoms with Crippen LogP contribution in [0, 0.1) is 0 Å². The molecule has 3 nitrogen and oxygen atoms in total. The van der Waals surface area contributed by atoms with Gasteiger partial charge in [0.15, 0.2) is 0 Å². The van der Waals surface area contributed by atoms with Crippen molar-refractivity contribution in [3.63, 3.8) is 0 Å². The Morgan fingerprint density at radius 1 is 1.20 bits per heavy atom. The summed E-state index contributed by atoms with van der Waals surface area (Å²) in [6.07, 6.45) is 5.38. The average Bonchev–Trinajstić information content (AvgIpc) is 2.94. The zero-order chi connectivity index (χ0) is 14.2. The van der Waals surface area contributed by atoms with Gasteiger partial charge >= 0.3 is 0 Å². The van der Waals surface area contributed by atoms with E-state index in [-0.39, 0.29) is 0 Å². The highest BCUT2D eigenvalue weighted by Crippen LogP contribution is 2.13. The fourth-order valence-corrected chi connectivity index (χ4v) is 2.23. The van der Waals surface area contributed by atoms with Gasteiger partial charge in [-0.2, -0.15) is 0 Å². The van der Waals surface area contributed by atoms with Crippen LogP contribution in [0.5, 0.6) is 5.75 Å². The van der Waals surface area contributed by atoms with E-state index in [1.165, 1.54) is 5.56 Å². The predicted molar refractivity (Wildman–Crippen MR) is 83.1 cm³/mol. The molecule has 0 spiro atoms. The van der Waals surface area contributed by atoms with E-state index in [0.29, 0.717) is 6.04 Å². The summed E-state index contributed by atoms with van der Waals surface area (Å²) in [5.74, 6) is 0.946. The second-order valence-electron chi connectivity index (χ2n) is 4.98. The second-order valence-corrected chi connectivity index (χ2v) is 4.98. The van der Waals surface area contributed by atoms with Gasteiger partial charge in [0, 0.05) is 25.0 Å². The Balaban J connectivity index is 1.72. The van der Waals surface area contributed by atoms with E-state index in [2.05, 4.69) is 42.2 Å². The van der Waals surface area contributed by atoms with Crippen molar-refractivity contribution >= 4 is 0 Å². The quantitative estimate of drug-likeness (QED) is 0.743. The number of para-hydroxylation sites is 1. The zero-order valence-corrected chi connectivity index (χ0v) is 12.4. The van der Waals surface area contributed by atoms with Gasteiger partial charge in [0.05, 0.1) is 6.61 Å². The predicted octanol–water partition coefficient (Wildman–Crippen LogP) is 3.63. The molecule has 0 aliphatic heterocycles. The van der Waals surface area contributed by atoms with Gasteiger partial charge in [-0.3, -0.25) is 0 Å². The fourth-order valence-electron chi connectivity index (χ4n) is 2.23. The maximum absolute atomic E-state index is 5.69. The largest absolute Gasteiger partial charge is 0.494 e. The Kier molecular flexibility index (Phi) is 5.69. The normalized spacial score (nSPS) is 12.3. The monoisotopic (exact) mass is 272 g/mol. The smallest absolute Gasteiger partial charge is 0.119 e. The molecule has 20 heavy (non-hydrogen) atoms. The third-order valence-corrected chi connectivity index (χ3v) is 3.36. The van der Waals surface area contributed by atoms with Crippen LogP contribution >= 0.6 is 0 Å². The van der Waals surface area contributed by atoms with Crippen LogP contribution in [0.3, 0.4) is 0 Å². The van der Waals surface area contributed by atoms with Crippen molar-refractivity contribution < 1.29 is 4.74 Å². The van der Waals surface area contributed by atoms with Gasteiger partial charge in [0.2, 0.25) is 0 Å². The topological polar surface area (TPSA) is 26.2 Å². The Morgan fingerprint density at radius 3 is 2.75 bits per heavy atom. The third-order valence-electron chi connectivity index (χ3n) is 3.36. The summed E-state index contributed by atoms with van der Waals surface area (Å²) in [5, 5.41) is 3.43. The molecule has 1 N–H and O–H groups in total. The molecule has 0 aliphatic carbocycles. The van der Waals surface area contributed by atoms with Gasteiger partial charge in [-0.1, -0.05) is 25.1 Å². The molecule has 1 aromatic heterocycles. The minimum atomic E-state index is 0.418. The van der Waals surface area contributed by atoms with Crippen molar-refractivity contribution in [1.29, 1.82) is 0 Å². The molecule has 2 rings (SSSR count). The molecule has 1 unspecified atom stereocenters. The van der Waals surface area contributed by atoms with Crippen LogP contribution in [0.1, 0.15) is 31.9 Å². The minimum Gasteiger partial charge on any atom is -0.494 e. The molecule has 0 bridgehead atoms. The average molecular weight is 272 g/mol. The molecular formula is C17H24N2O. The molecule has 0 saturated carbocycles. The molecule has 0 radical (unpaired) electrons. The molecular weight excluding hydrogens is 248 g/mol. The number of benzene rings is 1. The highest BCUT2D eigenvalue weighted by Gasteiger charge is 2.04. The lowest BCUT2D eigenvalue weighted by Gasteiger charge is -2.10. The lowest BCUT2D eigenvalue weighted by molar-refractivity contribution is 0.302. The van der Waals surface area contributed by atoms with Gasteiger partial charge in [0.1, 0.15) is 5.75 Å². The van der Waals surface area contributed by atoms with Crippen molar-refractivity contribution in [2.24, 2.45) is 0 Å². The molecule has 0 aliphatic rings. The number of nitrogens with zero attached hydrogens (tertiary/aromatic N) is 1. The van der Waals surface area contributed by atoms with Crippen LogP contribution in [0.2, 0.25) is 0 Å². The highest BCUT2D eigenvalue weighted by atomic mass is 16.5. The maximum atomic E-state index is 5.69. The number of aryl methyl sites for hydroxylation is 1. The number of nitrogens with one attached hydrogen (secondary N) is 1. The SMILES string of the molecule is CCNC(C)c1ccn(CCCOc2ccccc2)c1. The van der Waals surface area contributed by atoms with Crippen LogP contribution in [0.15, 0.2) is 48.8 Å². The summed E-state index contributed by atoms with van der Waals surface area (Å²) in [5.41, 5.74) is 1.34. The minimum absolute atomic E-state index is 0.418. The van der Waals surface area contributed by atoms with Crippen LogP contribution in [0.4, 0.5) is 0 Å². The van der Waals surface area contributed by atoms with Crippen molar-refractivity contribution in [2.75, 3.05) is 13.2 Å². The van der Waals surface area contributed by atoms with Crippen LogP contribution < -0.4 is 10.1 Å². The van der Waals surface area contributed by atoms with Gasteiger partial charge in [-0.25, -0.2) is 0 Å². The molecule has 1 aromatic carbocycles. The Morgan fingerprint density at radius 2 is 2.00 bits per heavy atom. The van der Waals surface area contributed by atoms with E-state index >= 15 is 0 Å². The molecule has 0 amide bonds. The number of hydrogen-bond acceptors (Lipinski definition) is 2. The molecule has 0 saturated heterocycles. The molecule has 1 atom stereocenters. The summed E-state index contributed by atoms with van der Waals surface area (Å²) >= 11 is 0. The van der Waals surface area contributed by atoms with E-state index in [9.17, 15) is 0 Å². The van der Waals surface area contributed by atoms with E-state index < -0.39 is 0 Å². The van der Waals surface area contributed by atoms with E-state index in [1.807, 2.05) is 30.3 Å². The maximum Gasteiger partial charge on any atom is 0.119 e. The van der Waals surface area contributed by atoms with Gasteiger partial charge in [0.25, 0.3) is 0 Å². The van der Waals surface area contributed by atoms with Gasteiger partial charge in [-0.15, -0.1) is 0 Å². The van der Waals surface area contributed by atoms with Crippen LogP contribution in [-0.2, 0) is 6.54 Å². The van der Waals surface area contributed by atoms with Crippen LogP contribution in [0.25, 0.3) is 0 Å². The summed E-state index contributed by atoms with van der Waals surface area (Å²) in [4.78, 5) is 0. The van der Waals surface area contributed by atoms with Gasteiger partial charge in [-0.05, 0) is 43.7 Å². The van der Waals surface area contributed by atoms with Crippen molar-refractivity contribution in [1.82, 2.24) is 9.88 Å². The number of aromatic nitrogens is 1. The molecule has 0 fully saturated rings. The molecule has 1 heterocycles. The van der Waals surface area contributed by atoms with E-state index in [0.717, 1.165) is 31.9 Å². The van der Waals surface area contributed by atoms with Gasteiger partial charge < -0.3 is 14.6 Å². The van der Waals surface area contributed by atoms with Crippen molar-refractivity contribution in [3.8, 4) is 5.75 Å². The van der Waals surface area contributed by atoms with Crippen molar-refractivity contribution in [3.05, 3.63) is 54.4 Å². The van der Waals surface area contributed by atoms with E-state index in [1.54, 1.807) is 0 Å². The molecule has 3 heteroatoms.